The van der Waals surface area contributed by atoms with Crippen LogP contribution in [0.15, 0.2) is 30.3 Å². The molecule has 2 atom stereocenters. The van der Waals surface area contributed by atoms with Gasteiger partial charge in [-0.05, 0) is 13.5 Å². The van der Waals surface area contributed by atoms with Crippen molar-refractivity contribution in [3.8, 4) is 0 Å². The predicted octanol–water partition coefficient (Wildman–Crippen LogP) is 0.788. The molecule has 0 saturated heterocycles. The number of aliphatic hydroxyl groups excluding tert-OH is 2. The van der Waals surface area contributed by atoms with E-state index in [0.717, 1.165) is 27.2 Å². The van der Waals surface area contributed by atoms with Crippen molar-refractivity contribution in [1.82, 2.24) is 5.32 Å². The second-order valence-corrected chi connectivity index (χ2v) is 3.75. The Hall–Kier alpha value is -0.226. The maximum atomic E-state index is 7.00. The zero-order valence-corrected chi connectivity index (χ0v) is 13.7. The molecule has 2 unspecified atom stereocenters. The van der Waals surface area contributed by atoms with Gasteiger partial charge < -0.3 is 28.2 Å². The van der Waals surface area contributed by atoms with E-state index in [4.69, 9.17) is 15.9 Å². The second-order valence-electron chi connectivity index (χ2n) is 3.75. The molecule has 0 aromatic heterocycles. The first-order valence-corrected chi connectivity index (χ1v) is 5.94. The molecule has 4 nitrogen and oxygen atoms in total. The Labute approximate surface area is 132 Å². The summed E-state index contributed by atoms with van der Waals surface area (Å²) >= 11 is 0. The van der Waals surface area contributed by atoms with Gasteiger partial charge in [-0.15, -0.1) is 0 Å². The summed E-state index contributed by atoms with van der Waals surface area (Å²) in [6.07, 6.45) is 1.05. The third kappa shape index (κ3) is 15.7. The smallest absolute Gasteiger partial charge is 0.0516 e. The molecule has 1 aromatic rings. The standard InChI is InChI=1S/C12H19N2.2CH4O.Ti/c1-10(9-14-11(2)13)8-12-6-4-3-5-7-12;2*1-2;/h3-7,10-11,14H,1,8-9,13H2,2H3;2*2H,1H3;/q-1;;;. The molecule has 0 radical (unpaired) electrons. The monoisotopic (exact) mass is 303 g/mol. The SMILES string of the molecule is CO.CO.[CH2-]C(CNC(C)N)Cc1ccccc1.[Ti]. The number of rotatable bonds is 5. The number of hydrogen-bond donors (Lipinski definition) is 4. The number of hydrogen-bond acceptors (Lipinski definition) is 4. The number of nitrogens with one attached hydrogen (secondary N) is 1. The van der Waals surface area contributed by atoms with Crippen molar-refractivity contribution < 1.29 is 31.9 Å². The van der Waals surface area contributed by atoms with Gasteiger partial charge in [0.1, 0.15) is 0 Å². The number of aliphatic hydroxyl groups is 2. The van der Waals surface area contributed by atoms with Crippen LogP contribution in [0.5, 0.6) is 0 Å². The van der Waals surface area contributed by atoms with E-state index in [1.54, 1.807) is 0 Å². The van der Waals surface area contributed by atoms with E-state index in [1.165, 1.54) is 5.56 Å². The fourth-order valence-electron chi connectivity index (χ4n) is 1.37. The molecule has 0 spiro atoms. The van der Waals surface area contributed by atoms with Crippen LogP contribution in [0.25, 0.3) is 0 Å². The molecule has 110 valence electrons. The average Bonchev–Trinajstić information content (AvgIpc) is 2.42. The number of nitrogens with two attached hydrogens (primary N) is 1. The van der Waals surface area contributed by atoms with Crippen LogP contribution in [0.2, 0.25) is 0 Å². The molecule has 0 amide bonds. The van der Waals surface area contributed by atoms with Gasteiger partial charge >= 0.3 is 0 Å². The van der Waals surface area contributed by atoms with Crippen LogP contribution in [0.4, 0.5) is 0 Å². The topological polar surface area (TPSA) is 78.5 Å². The zero-order chi connectivity index (χ0) is 14.4. The fraction of sp³-hybridized carbons (Fsp3) is 0.500. The zero-order valence-electron chi connectivity index (χ0n) is 12.1. The normalized spacial score (nSPS) is 11.7. The van der Waals surface area contributed by atoms with Crippen molar-refractivity contribution in [3.63, 3.8) is 0 Å². The van der Waals surface area contributed by atoms with Gasteiger partial charge in [-0.25, -0.2) is 0 Å². The van der Waals surface area contributed by atoms with E-state index < -0.39 is 0 Å². The van der Waals surface area contributed by atoms with E-state index in [0.29, 0.717) is 5.92 Å². The molecular formula is C14H27N2O2Ti-. The molecule has 19 heavy (non-hydrogen) atoms. The molecule has 0 bridgehead atoms. The van der Waals surface area contributed by atoms with Crippen LogP contribution >= 0.6 is 0 Å². The van der Waals surface area contributed by atoms with Gasteiger partial charge in [0.05, 0.1) is 6.17 Å². The van der Waals surface area contributed by atoms with E-state index in [1.807, 2.05) is 13.0 Å². The molecule has 0 saturated carbocycles. The Morgan fingerprint density at radius 1 is 1.16 bits per heavy atom. The van der Waals surface area contributed by atoms with Crippen LogP contribution in [-0.4, -0.2) is 37.1 Å². The summed E-state index contributed by atoms with van der Waals surface area (Å²) in [5, 5.41) is 17.2. The molecule has 5 heteroatoms. The van der Waals surface area contributed by atoms with Gasteiger partial charge in [0.25, 0.3) is 0 Å². The summed E-state index contributed by atoms with van der Waals surface area (Å²) in [4.78, 5) is 0. The van der Waals surface area contributed by atoms with Crippen LogP contribution in [0.1, 0.15) is 12.5 Å². The van der Waals surface area contributed by atoms with Gasteiger partial charge in [0, 0.05) is 35.9 Å². The molecule has 1 rings (SSSR count). The van der Waals surface area contributed by atoms with Crippen molar-refractivity contribution in [2.24, 2.45) is 11.7 Å². The van der Waals surface area contributed by atoms with Gasteiger partial charge in [-0.3, -0.25) is 0 Å². The Morgan fingerprint density at radius 2 is 1.63 bits per heavy atom. The first-order chi connectivity index (χ1) is 8.68. The Bertz CT molecular complexity index is 259. The van der Waals surface area contributed by atoms with Crippen LogP contribution in [0.3, 0.4) is 0 Å². The summed E-state index contributed by atoms with van der Waals surface area (Å²) in [6, 6.07) is 10.4. The van der Waals surface area contributed by atoms with Crippen LogP contribution in [0, 0.1) is 12.8 Å². The van der Waals surface area contributed by atoms with Crippen molar-refractivity contribution in [2.45, 2.75) is 19.5 Å². The quantitative estimate of drug-likeness (QED) is 0.368. The maximum absolute atomic E-state index is 7.00. The molecule has 0 aliphatic heterocycles. The van der Waals surface area contributed by atoms with Crippen LogP contribution < -0.4 is 11.1 Å². The molecule has 0 aliphatic carbocycles. The third-order valence-corrected chi connectivity index (χ3v) is 2.10. The van der Waals surface area contributed by atoms with Gasteiger partial charge in [-0.1, -0.05) is 42.3 Å². The van der Waals surface area contributed by atoms with Crippen molar-refractivity contribution in [3.05, 3.63) is 42.8 Å². The van der Waals surface area contributed by atoms with Crippen molar-refractivity contribution >= 4 is 0 Å². The van der Waals surface area contributed by atoms with E-state index in [9.17, 15) is 0 Å². The van der Waals surface area contributed by atoms with Gasteiger partial charge in [0.2, 0.25) is 0 Å². The summed E-state index contributed by atoms with van der Waals surface area (Å²) in [7, 11) is 2.00. The molecule has 0 fully saturated rings. The largest absolute Gasteiger partial charge is 0.400 e. The summed E-state index contributed by atoms with van der Waals surface area (Å²) in [6.45, 7) is 6.89. The molecule has 0 heterocycles. The summed E-state index contributed by atoms with van der Waals surface area (Å²) in [5.41, 5.74) is 6.93. The molecule has 1 aromatic carbocycles. The van der Waals surface area contributed by atoms with E-state index in [-0.39, 0.29) is 27.9 Å². The van der Waals surface area contributed by atoms with Crippen LogP contribution in [-0.2, 0) is 28.1 Å². The van der Waals surface area contributed by atoms with E-state index >= 15 is 0 Å². The minimum atomic E-state index is 0. The molecule has 0 aliphatic rings. The Balaban J connectivity index is -0.000000467. The Morgan fingerprint density at radius 3 is 2.05 bits per heavy atom. The summed E-state index contributed by atoms with van der Waals surface area (Å²) < 4.78 is 0. The van der Waals surface area contributed by atoms with Crippen molar-refractivity contribution in [1.29, 1.82) is 0 Å². The number of benzene rings is 1. The third-order valence-electron chi connectivity index (χ3n) is 2.10. The molecular weight excluding hydrogens is 276 g/mol. The van der Waals surface area contributed by atoms with Gasteiger partial charge in [0.15, 0.2) is 0 Å². The molecule has 5 N–H and O–H groups in total. The van der Waals surface area contributed by atoms with Crippen molar-refractivity contribution in [2.75, 3.05) is 20.8 Å². The Kier molecular flexibility index (Phi) is 22.3. The second kappa shape index (κ2) is 17.8. The maximum Gasteiger partial charge on any atom is 0.0516 e. The fourth-order valence-corrected chi connectivity index (χ4v) is 1.37. The minimum Gasteiger partial charge on any atom is -0.400 e. The van der Waals surface area contributed by atoms with Gasteiger partial charge in [-0.2, -0.15) is 5.92 Å². The first-order valence-electron chi connectivity index (χ1n) is 5.94. The summed E-state index contributed by atoms with van der Waals surface area (Å²) in [5.74, 6) is 0.378. The van der Waals surface area contributed by atoms with E-state index in [2.05, 4.69) is 36.5 Å². The average molecular weight is 303 g/mol. The minimum absolute atomic E-state index is 0. The predicted molar refractivity (Wildman–Crippen MR) is 76.9 cm³/mol. The first kappa shape index (κ1) is 23.8.